The van der Waals surface area contributed by atoms with E-state index in [4.69, 9.17) is 19.9 Å². The maximum absolute atomic E-state index is 5.98. The number of aliphatic imine (C=N–C) groups is 1. The number of rotatable bonds is 7. The van der Waals surface area contributed by atoms with Crippen LogP contribution >= 0.6 is 0 Å². The smallest absolute Gasteiger partial charge is 0.191 e. The van der Waals surface area contributed by atoms with Crippen LogP contribution in [0.3, 0.4) is 0 Å². The first kappa shape index (κ1) is 16.9. The average Bonchev–Trinajstić information content (AvgIpc) is 2.52. The molecule has 1 rings (SSSR count). The molecule has 0 fully saturated rings. The maximum Gasteiger partial charge on any atom is 0.191 e. The molecule has 0 saturated heterocycles. The molecule has 0 aliphatic rings. The van der Waals surface area contributed by atoms with E-state index >= 15 is 0 Å². The third-order valence-corrected chi connectivity index (χ3v) is 3.29. The molecule has 0 aliphatic carbocycles. The van der Waals surface area contributed by atoms with E-state index in [0.717, 1.165) is 18.7 Å². The summed E-state index contributed by atoms with van der Waals surface area (Å²) in [7, 11) is 4.80. The van der Waals surface area contributed by atoms with E-state index in [1.165, 1.54) is 0 Å². The van der Waals surface area contributed by atoms with Crippen LogP contribution in [0.25, 0.3) is 0 Å². The maximum atomic E-state index is 5.98. The lowest BCUT2D eigenvalue weighted by atomic mass is 10.1. The molecule has 0 bridgehead atoms. The Morgan fingerprint density at radius 3 is 2.00 bits per heavy atom. The van der Waals surface area contributed by atoms with E-state index < -0.39 is 0 Å². The fraction of sp³-hybridized carbons (Fsp3) is 0.533. The number of guanidine groups is 1. The van der Waals surface area contributed by atoms with Crippen LogP contribution in [0.15, 0.2) is 17.1 Å². The van der Waals surface area contributed by atoms with Crippen molar-refractivity contribution < 1.29 is 14.2 Å². The minimum Gasteiger partial charge on any atom is -0.496 e. The van der Waals surface area contributed by atoms with Gasteiger partial charge in [0.05, 0.1) is 27.9 Å². The Morgan fingerprint density at radius 1 is 1.00 bits per heavy atom. The third-order valence-electron chi connectivity index (χ3n) is 3.29. The Bertz CT molecular complexity index is 485. The predicted octanol–water partition coefficient (Wildman–Crippen LogP) is 1.87. The summed E-state index contributed by atoms with van der Waals surface area (Å²) in [6.45, 7) is 6.17. The summed E-state index contributed by atoms with van der Waals surface area (Å²) in [5.41, 5.74) is 6.88. The summed E-state index contributed by atoms with van der Waals surface area (Å²) in [5, 5.41) is 0. The molecular weight excluding hydrogens is 270 g/mol. The van der Waals surface area contributed by atoms with Crippen molar-refractivity contribution in [3.8, 4) is 17.2 Å². The van der Waals surface area contributed by atoms with Gasteiger partial charge in [-0.1, -0.05) is 0 Å². The highest BCUT2D eigenvalue weighted by molar-refractivity contribution is 5.78. The molecule has 0 spiro atoms. The van der Waals surface area contributed by atoms with Gasteiger partial charge in [0.1, 0.15) is 5.75 Å². The van der Waals surface area contributed by atoms with Crippen LogP contribution in [0.1, 0.15) is 19.4 Å². The fourth-order valence-electron chi connectivity index (χ4n) is 2.03. The molecule has 0 aromatic heterocycles. The van der Waals surface area contributed by atoms with Crippen LogP contribution in [0.4, 0.5) is 0 Å². The van der Waals surface area contributed by atoms with Crippen molar-refractivity contribution in [1.29, 1.82) is 0 Å². The summed E-state index contributed by atoms with van der Waals surface area (Å²) in [6, 6.07) is 3.65. The lowest BCUT2D eigenvalue weighted by Gasteiger charge is -2.19. The normalized spacial score (nSPS) is 11.2. The van der Waals surface area contributed by atoms with E-state index in [-0.39, 0.29) is 0 Å². The van der Waals surface area contributed by atoms with E-state index in [9.17, 15) is 0 Å². The van der Waals surface area contributed by atoms with Crippen molar-refractivity contribution in [2.75, 3.05) is 34.4 Å². The van der Waals surface area contributed by atoms with Crippen LogP contribution in [-0.4, -0.2) is 45.3 Å². The predicted molar refractivity (Wildman–Crippen MR) is 84.3 cm³/mol. The average molecular weight is 295 g/mol. The van der Waals surface area contributed by atoms with Gasteiger partial charge >= 0.3 is 0 Å². The fourth-order valence-corrected chi connectivity index (χ4v) is 2.03. The molecular formula is C15H25N3O3. The summed E-state index contributed by atoms with van der Waals surface area (Å²) in [4.78, 5) is 6.41. The van der Waals surface area contributed by atoms with Gasteiger partial charge in [-0.25, -0.2) is 4.99 Å². The van der Waals surface area contributed by atoms with E-state index in [2.05, 4.69) is 4.99 Å². The molecule has 0 heterocycles. The molecule has 0 amide bonds. The Labute approximate surface area is 126 Å². The van der Waals surface area contributed by atoms with Crippen molar-refractivity contribution in [2.24, 2.45) is 10.7 Å². The minimum atomic E-state index is 0.422. The van der Waals surface area contributed by atoms with Gasteiger partial charge in [-0.2, -0.15) is 0 Å². The van der Waals surface area contributed by atoms with Crippen molar-refractivity contribution in [3.63, 3.8) is 0 Å². The summed E-state index contributed by atoms with van der Waals surface area (Å²) in [5.74, 6) is 2.49. The van der Waals surface area contributed by atoms with Gasteiger partial charge in [0.25, 0.3) is 0 Å². The van der Waals surface area contributed by atoms with Crippen LogP contribution < -0.4 is 19.9 Å². The van der Waals surface area contributed by atoms with Crippen molar-refractivity contribution in [2.45, 2.75) is 20.4 Å². The van der Waals surface area contributed by atoms with Crippen LogP contribution in [0, 0.1) is 0 Å². The van der Waals surface area contributed by atoms with Gasteiger partial charge in [-0.15, -0.1) is 0 Å². The quantitative estimate of drug-likeness (QED) is 0.614. The lowest BCUT2D eigenvalue weighted by molar-refractivity contribution is 0.347. The number of hydrogen-bond acceptors (Lipinski definition) is 4. The largest absolute Gasteiger partial charge is 0.496 e. The van der Waals surface area contributed by atoms with E-state index in [1.807, 2.05) is 24.8 Å². The lowest BCUT2D eigenvalue weighted by Crippen LogP contribution is -2.37. The van der Waals surface area contributed by atoms with Gasteiger partial charge in [0, 0.05) is 24.7 Å². The SMILES string of the molecule is CCN(CC)C(N)=NCc1cc(OC)c(OC)cc1OC. The molecule has 21 heavy (non-hydrogen) atoms. The Balaban J connectivity index is 3.04. The number of benzene rings is 1. The van der Waals surface area contributed by atoms with Gasteiger partial charge in [0.2, 0.25) is 0 Å². The molecule has 1 aromatic rings. The van der Waals surface area contributed by atoms with Crippen LogP contribution in [-0.2, 0) is 6.54 Å². The molecule has 2 N–H and O–H groups in total. The van der Waals surface area contributed by atoms with Crippen molar-refractivity contribution in [1.82, 2.24) is 4.90 Å². The molecule has 0 saturated carbocycles. The standard InChI is InChI=1S/C15H25N3O3/c1-6-18(7-2)15(16)17-10-11-8-13(20-4)14(21-5)9-12(11)19-3/h8-9H,6-7,10H2,1-5H3,(H2,16,17). The molecule has 0 atom stereocenters. The molecule has 1 aromatic carbocycles. The summed E-state index contributed by atoms with van der Waals surface area (Å²) < 4.78 is 15.9. The second-order valence-electron chi connectivity index (χ2n) is 4.37. The zero-order chi connectivity index (χ0) is 15.8. The number of nitrogens with two attached hydrogens (primary N) is 1. The third kappa shape index (κ3) is 4.18. The highest BCUT2D eigenvalue weighted by atomic mass is 16.5. The Hall–Kier alpha value is -2.11. The molecule has 0 radical (unpaired) electrons. The number of ether oxygens (including phenoxy) is 3. The first-order chi connectivity index (χ1) is 10.1. The Morgan fingerprint density at radius 2 is 1.52 bits per heavy atom. The molecule has 0 unspecified atom stereocenters. The highest BCUT2D eigenvalue weighted by Gasteiger charge is 2.12. The zero-order valence-electron chi connectivity index (χ0n) is 13.5. The molecule has 6 heteroatoms. The zero-order valence-corrected chi connectivity index (χ0v) is 13.5. The monoisotopic (exact) mass is 295 g/mol. The summed E-state index contributed by atoms with van der Waals surface area (Å²) >= 11 is 0. The van der Waals surface area contributed by atoms with Crippen molar-refractivity contribution in [3.05, 3.63) is 17.7 Å². The first-order valence-corrected chi connectivity index (χ1v) is 6.94. The van der Waals surface area contributed by atoms with E-state index in [1.54, 1.807) is 27.4 Å². The first-order valence-electron chi connectivity index (χ1n) is 6.94. The molecule has 6 nitrogen and oxygen atoms in total. The molecule has 118 valence electrons. The van der Waals surface area contributed by atoms with Gasteiger partial charge < -0.3 is 24.8 Å². The van der Waals surface area contributed by atoms with Crippen LogP contribution in [0.2, 0.25) is 0 Å². The van der Waals surface area contributed by atoms with Crippen molar-refractivity contribution >= 4 is 5.96 Å². The number of nitrogens with zero attached hydrogens (tertiary/aromatic N) is 2. The topological polar surface area (TPSA) is 69.3 Å². The van der Waals surface area contributed by atoms with Gasteiger partial charge in [-0.05, 0) is 19.9 Å². The van der Waals surface area contributed by atoms with Crippen LogP contribution in [0.5, 0.6) is 17.2 Å². The Kier molecular flexibility index (Phi) is 6.65. The highest BCUT2D eigenvalue weighted by Crippen LogP contribution is 2.34. The second-order valence-corrected chi connectivity index (χ2v) is 4.37. The van der Waals surface area contributed by atoms with Gasteiger partial charge in [-0.3, -0.25) is 0 Å². The number of hydrogen-bond donors (Lipinski definition) is 1. The van der Waals surface area contributed by atoms with Gasteiger partial charge in [0.15, 0.2) is 17.5 Å². The second kappa shape index (κ2) is 8.24. The molecule has 0 aliphatic heterocycles. The number of methoxy groups -OCH3 is 3. The summed E-state index contributed by atoms with van der Waals surface area (Å²) in [6.07, 6.45) is 0. The van der Waals surface area contributed by atoms with E-state index in [0.29, 0.717) is 29.8 Å². The minimum absolute atomic E-state index is 0.422.